The molecule has 0 aliphatic carbocycles. The van der Waals surface area contributed by atoms with Crippen molar-refractivity contribution >= 4 is 17.6 Å². The Hall–Kier alpha value is -3.42. The maximum atomic E-state index is 13.8. The van der Waals surface area contributed by atoms with Crippen LogP contribution in [0.1, 0.15) is 42.9 Å². The number of halogens is 1. The lowest BCUT2D eigenvalue weighted by Crippen LogP contribution is -2.27. The molecule has 0 saturated carbocycles. The Morgan fingerprint density at radius 3 is 2.43 bits per heavy atom. The number of carbonyl (C=O) groups excluding carboxylic acids is 1. The van der Waals surface area contributed by atoms with Crippen LogP contribution in [0, 0.1) is 5.82 Å². The molecule has 0 bridgehead atoms. The van der Waals surface area contributed by atoms with Crippen LogP contribution in [0.3, 0.4) is 0 Å². The predicted octanol–water partition coefficient (Wildman–Crippen LogP) is 3.78. The molecule has 1 heterocycles. The summed E-state index contributed by atoms with van der Waals surface area (Å²) >= 11 is 0. The number of ether oxygens (including phenoxy) is 2. The highest BCUT2D eigenvalue weighted by Gasteiger charge is 2.33. The number of carboxylic acid groups (broad SMARTS) is 1. The molecular formula is C22H23FN2O5. The minimum atomic E-state index is -0.960. The van der Waals surface area contributed by atoms with Gasteiger partial charge in [0.15, 0.2) is 0 Å². The molecule has 1 amide bonds. The van der Waals surface area contributed by atoms with Crippen LogP contribution >= 0.6 is 0 Å². The van der Waals surface area contributed by atoms with Crippen molar-refractivity contribution < 1.29 is 28.6 Å². The van der Waals surface area contributed by atoms with E-state index in [2.05, 4.69) is 5.10 Å². The summed E-state index contributed by atoms with van der Waals surface area (Å²) in [5.41, 5.74) is 1.98. The SMILES string of the molecule is COc1cc(OC)cc(C2=NN(C(=O)CCCC(=O)O)[C@H](c3cccc(F)c3)C2)c1. The smallest absolute Gasteiger partial charge is 0.303 e. The maximum Gasteiger partial charge on any atom is 0.303 e. The zero-order valence-electron chi connectivity index (χ0n) is 16.8. The first-order valence-electron chi connectivity index (χ1n) is 9.51. The number of aliphatic carboxylic acids is 1. The lowest BCUT2D eigenvalue weighted by Gasteiger charge is -2.22. The molecule has 0 spiro atoms. The third-order valence-corrected chi connectivity index (χ3v) is 4.87. The van der Waals surface area contributed by atoms with E-state index in [0.717, 1.165) is 5.56 Å². The molecule has 0 radical (unpaired) electrons. The third kappa shape index (κ3) is 4.94. The first-order chi connectivity index (χ1) is 14.4. The fourth-order valence-electron chi connectivity index (χ4n) is 3.37. The molecule has 1 aliphatic heterocycles. The van der Waals surface area contributed by atoms with Gasteiger partial charge in [-0.25, -0.2) is 9.40 Å². The number of methoxy groups -OCH3 is 2. The van der Waals surface area contributed by atoms with Crippen molar-refractivity contribution in [2.24, 2.45) is 5.10 Å². The number of carboxylic acids is 1. The minimum Gasteiger partial charge on any atom is -0.497 e. The molecule has 1 aliphatic rings. The summed E-state index contributed by atoms with van der Waals surface area (Å²) in [6.07, 6.45) is 0.521. The van der Waals surface area contributed by atoms with Crippen molar-refractivity contribution in [1.82, 2.24) is 5.01 Å². The summed E-state index contributed by atoms with van der Waals surface area (Å²) in [7, 11) is 3.09. The van der Waals surface area contributed by atoms with Gasteiger partial charge in [0.2, 0.25) is 5.91 Å². The highest BCUT2D eigenvalue weighted by atomic mass is 19.1. The highest BCUT2D eigenvalue weighted by molar-refractivity contribution is 6.03. The molecule has 158 valence electrons. The second-order valence-corrected chi connectivity index (χ2v) is 6.91. The van der Waals surface area contributed by atoms with Crippen LogP contribution in [-0.2, 0) is 9.59 Å². The molecule has 0 saturated heterocycles. The van der Waals surface area contributed by atoms with E-state index in [1.807, 2.05) is 0 Å². The summed E-state index contributed by atoms with van der Waals surface area (Å²) in [6.45, 7) is 0. The minimum absolute atomic E-state index is 0.0380. The Morgan fingerprint density at radius 2 is 1.83 bits per heavy atom. The third-order valence-electron chi connectivity index (χ3n) is 4.87. The van der Waals surface area contributed by atoms with Gasteiger partial charge >= 0.3 is 5.97 Å². The Balaban J connectivity index is 1.93. The van der Waals surface area contributed by atoms with Gasteiger partial charge in [-0.15, -0.1) is 0 Å². The zero-order chi connectivity index (χ0) is 21.7. The van der Waals surface area contributed by atoms with E-state index in [9.17, 15) is 14.0 Å². The van der Waals surface area contributed by atoms with Crippen molar-refractivity contribution in [2.75, 3.05) is 14.2 Å². The average Bonchev–Trinajstić information content (AvgIpc) is 3.18. The van der Waals surface area contributed by atoms with Crippen LogP contribution in [0.15, 0.2) is 47.6 Å². The summed E-state index contributed by atoms with van der Waals surface area (Å²) in [4.78, 5) is 23.6. The van der Waals surface area contributed by atoms with Crippen molar-refractivity contribution in [3.8, 4) is 11.5 Å². The summed E-state index contributed by atoms with van der Waals surface area (Å²) in [5.74, 6) is -0.502. The molecule has 1 atom stereocenters. The van der Waals surface area contributed by atoms with Gasteiger partial charge in [0.1, 0.15) is 17.3 Å². The molecule has 0 unspecified atom stereocenters. The predicted molar refractivity (Wildman–Crippen MR) is 108 cm³/mol. The molecular weight excluding hydrogens is 391 g/mol. The molecule has 3 rings (SSSR count). The number of rotatable bonds is 8. The van der Waals surface area contributed by atoms with E-state index < -0.39 is 17.8 Å². The standard InChI is InChI=1S/C22H23FN2O5/c1-29-17-10-15(11-18(12-17)30-2)19-13-20(14-5-3-6-16(23)9-14)25(24-19)21(26)7-4-8-22(27)28/h3,5-6,9-12,20H,4,7-8,13H2,1-2H3,(H,27,28)/t20-/m0/s1. The van der Waals surface area contributed by atoms with Gasteiger partial charge in [-0.3, -0.25) is 9.59 Å². The number of carbonyl (C=O) groups is 2. The van der Waals surface area contributed by atoms with Crippen LogP contribution in [0.25, 0.3) is 0 Å². The molecule has 2 aromatic carbocycles. The molecule has 8 heteroatoms. The molecule has 30 heavy (non-hydrogen) atoms. The Morgan fingerprint density at radius 1 is 1.13 bits per heavy atom. The topological polar surface area (TPSA) is 88.4 Å². The lowest BCUT2D eigenvalue weighted by molar-refractivity contribution is -0.137. The summed E-state index contributed by atoms with van der Waals surface area (Å²) in [6, 6.07) is 10.9. The van der Waals surface area contributed by atoms with Crippen LogP contribution in [0.4, 0.5) is 4.39 Å². The molecule has 0 aromatic heterocycles. The second kappa shape index (κ2) is 9.39. The Bertz CT molecular complexity index is 954. The highest BCUT2D eigenvalue weighted by Crippen LogP contribution is 2.35. The molecule has 0 fully saturated rings. The summed E-state index contributed by atoms with van der Waals surface area (Å²) in [5, 5.41) is 14.7. The van der Waals surface area contributed by atoms with Gasteiger partial charge in [-0.05, 0) is 36.2 Å². The van der Waals surface area contributed by atoms with Crippen LogP contribution in [0.2, 0.25) is 0 Å². The first-order valence-corrected chi connectivity index (χ1v) is 9.51. The maximum absolute atomic E-state index is 13.8. The fourth-order valence-corrected chi connectivity index (χ4v) is 3.37. The largest absolute Gasteiger partial charge is 0.497 e. The second-order valence-electron chi connectivity index (χ2n) is 6.91. The molecule has 1 N–H and O–H groups in total. The number of hydrogen-bond donors (Lipinski definition) is 1. The van der Waals surface area contributed by atoms with Crippen molar-refractivity contribution in [3.05, 3.63) is 59.4 Å². The number of hydrogen-bond acceptors (Lipinski definition) is 5. The van der Waals surface area contributed by atoms with Crippen molar-refractivity contribution in [2.45, 2.75) is 31.7 Å². The number of amides is 1. The Kier molecular flexibility index (Phi) is 6.66. The van der Waals surface area contributed by atoms with Gasteiger partial charge < -0.3 is 14.6 Å². The average molecular weight is 414 g/mol. The first kappa shape index (κ1) is 21.3. The van der Waals surface area contributed by atoms with Gasteiger partial charge in [0.25, 0.3) is 0 Å². The van der Waals surface area contributed by atoms with Crippen LogP contribution in [0.5, 0.6) is 11.5 Å². The number of nitrogens with zero attached hydrogens (tertiary/aromatic N) is 2. The van der Waals surface area contributed by atoms with E-state index in [-0.39, 0.29) is 25.2 Å². The van der Waals surface area contributed by atoms with Gasteiger partial charge in [0, 0.05) is 30.9 Å². The van der Waals surface area contributed by atoms with E-state index in [0.29, 0.717) is 29.2 Å². The van der Waals surface area contributed by atoms with Crippen LogP contribution in [-0.4, -0.2) is 41.9 Å². The van der Waals surface area contributed by atoms with Crippen LogP contribution < -0.4 is 9.47 Å². The zero-order valence-corrected chi connectivity index (χ0v) is 16.8. The molecule has 2 aromatic rings. The van der Waals surface area contributed by atoms with E-state index >= 15 is 0 Å². The van der Waals surface area contributed by atoms with Gasteiger partial charge in [-0.2, -0.15) is 5.10 Å². The van der Waals surface area contributed by atoms with Crippen molar-refractivity contribution in [3.63, 3.8) is 0 Å². The monoisotopic (exact) mass is 414 g/mol. The van der Waals surface area contributed by atoms with E-state index in [1.54, 1.807) is 44.6 Å². The lowest BCUT2D eigenvalue weighted by atomic mass is 9.98. The fraction of sp³-hybridized carbons (Fsp3) is 0.318. The summed E-state index contributed by atoms with van der Waals surface area (Å²) < 4.78 is 24.4. The van der Waals surface area contributed by atoms with E-state index in [1.165, 1.54) is 17.1 Å². The molecule has 7 nitrogen and oxygen atoms in total. The normalized spacial score (nSPS) is 15.6. The number of hydrazone groups is 1. The number of benzene rings is 2. The van der Waals surface area contributed by atoms with Crippen molar-refractivity contribution in [1.29, 1.82) is 0 Å². The van der Waals surface area contributed by atoms with E-state index in [4.69, 9.17) is 14.6 Å². The van der Waals surface area contributed by atoms with Gasteiger partial charge in [0.05, 0.1) is 26.0 Å². The Labute approximate surface area is 173 Å². The van der Waals surface area contributed by atoms with Gasteiger partial charge in [-0.1, -0.05) is 12.1 Å². The quantitative estimate of drug-likeness (QED) is 0.710.